The van der Waals surface area contributed by atoms with Gasteiger partial charge in [-0.25, -0.2) is 8.42 Å². The van der Waals surface area contributed by atoms with Crippen molar-refractivity contribution in [2.75, 3.05) is 29.6 Å². The highest BCUT2D eigenvalue weighted by Crippen LogP contribution is 2.23. The molecule has 1 unspecified atom stereocenters. The van der Waals surface area contributed by atoms with Crippen LogP contribution in [0.3, 0.4) is 0 Å². The minimum Gasteiger partial charge on any atom is -0.384 e. The Morgan fingerprint density at radius 2 is 2.00 bits per heavy atom. The molecule has 0 fully saturated rings. The van der Waals surface area contributed by atoms with Gasteiger partial charge >= 0.3 is 0 Å². The Bertz CT molecular complexity index is 486. The second-order valence-electron chi connectivity index (χ2n) is 4.76. The van der Waals surface area contributed by atoms with Gasteiger partial charge in [0.25, 0.3) is 0 Å². The summed E-state index contributed by atoms with van der Waals surface area (Å²) in [4.78, 5) is 0.424. The predicted octanol–water partition coefficient (Wildman–Crippen LogP) is 3.28. The van der Waals surface area contributed by atoms with Gasteiger partial charge < -0.3 is 5.32 Å². The van der Waals surface area contributed by atoms with Gasteiger partial charge in [0, 0.05) is 6.54 Å². The third kappa shape index (κ3) is 5.07. The number of rotatable bonds is 8. The fourth-order valence-corrected chi connectivity index (χ4v) is 4.10. The van der Waals surface area contributed by atoms with Gasteiger partial charge in [0.15, 0.2) is 9.84 Å². The van der Waals surface area contributed by atoms with Crippen LogP contribution in [0.15, 0.2) is 29.2 Å². The summed E-state index contributed by atoms with van der Waals surface area (Å²) >= 11 is 1.80. The maximum absolute atomic E-state index is 12.2. The molecule has 0 aliphatic rings. The number of hydrogen-bond acceptors (Lipinski definition) is 4. The summed E-state index contributed by atoms with van der Waals surface area (Å²) in [5.74, 6) is 1.78. The van der Waals surface area contributed by atoms with Gasteiger partial charge in [-0.2, -0.15) is 11.8 Å². The summed E-state index contributed by atoms with van der Waals surface area (Å²) < 4.78 is 24.4. The van der Waals surface area contributed by atoms with E-state index < -0.39 is 9.84 Å². The van der Waals surface area contributed by atoms with E-state index in [4.69, 9.17) is 0 Å². The standard InChI is InChI=1S/C14H23NO2S2/c1-4-9-19(16,17)14-8-6-5-7-13(14)15-10-12(2)11-18-3/h5-8,12,15H,4,9-11H2,1-3H3. The monoisotopic (exact) mass is 301 g/mol. The highest BCUT2D eigenvalue weighted by Gasteiger charge is 2.17. The Balaban J connectivity index is 2.85. The van der Waals surface area contributed by atoms with Crippen LogP contribution in [0, 0.1) is 5.92 Å². The van der Waals surface area contributed by atoms with Crippen LogP contribution in [0.5, 0.6) is 0 Å². The van der Waals surface area contributed by atoms with Crippen molar-refractivity contribution >= 4 is 27.3 Å². The first kappa shape index (κ1) is 16.4. The molecule has 1 rings (SSSR count). The van der Waals surface area contributed by atoms with Crippen LogP contribution in [0.1, 0.15) is 20.3 Å². The van der Waals surface area contributed by atoms with Gasteiger partial charge in [0.05, 0.1) is 16.3 Å². The molecule has 0 radical (unpaired) electrons. The number of nitrogens with one attached hydrogen (secondary N) is 1. The molecule has 0 heterocycles. The molecule has 0 aliphatic heterocycles. The van der Waals surface area contributed by atoms with E-state index >= 15 is 0 Å². The summed E-state index contributed by atoms with van der Waals surface area (Å²) in [6.07, 6.45) is 2.72. The molecule has 1 aromatic rings. The molecule has 0 spiro atoms. The third-order valence-electron chi connectivity index (χ3n) is 2.79. The molecule has 1 N–H and O–H groups in total. The van der Waals surface area contributed by atoms with Crippen molar-refractivity contribution in [2.45, 2.75) is 25.2 Å². The Kier molecular flexibility index (Phi) is 6.72. The zero-order chi connectivity index (χ0) is 14.3. The number of benzene rings is 1. The molecule has 0 amide bonds. The molecular weight excluding hydrogens is 278 g/mol. The van der Waals surface area contributed by atoms with Crippen molar-refractivity contribution in [3.63, 3.8) is 0 Å². The third-order valence-corrected chi connectivity index (χ3v) is 5.66. The average Bonchev–Trinajstić information content (AvgIpc) is 2.37. The minimum absolute atomic E-state index is 0.200. The Morgan fingerprint density at radius 3 is 2.63 bits per heavy atom. The van der Waals surface area contributed by atoms with Crippen LogP contribution in [0.25, 0.3) is 0 Å². The van der Waals surface area contributed by atoms with Gasteiger partial charge in [-0.15, -0.1) is 0 Å². The summed E-state index contributed by atoms with van der Waals surface area (Å²) in [6, 6.07) is 7.17. The highest BCUT2D eigenvalue weighted by molar-refractivity contribution is 7.98. The Labute approximate surface area is 121 Å². The molecule has 0 saturated heterocycles. The molecule has 3 nitrogen and oxygen atoms in total. The van der Waals surface area contributed by atoms with Gasteiger partial charge in [-0.05, 0) is 36.5 Å². The lowest BCUT2D eigenvalue weighted by Crippen LogP contribution is -2.16. The van der Waals surface area contributed by atoms with Crippen LogP contribution >= 0.6 is 11.8 Å². The van der Waals surface area contributed by atoms with Gasteiger partial charge in [0.1, 0.15) is 0 Å². The zero-order valence-corrected chi connectivity index (χ0v) is 13.5. The SMILES string of the molecule is CCCS(=O)(=O)c1ccccc1NCC(C)CSC. The van der Waals surface area contributed by atoms with Crippen LogP contribution in [-0.4, -0.2) is 32.7 Å². The molecule has 0 aromatic heterocycles. The molecule has 0 saturated carbocycles. The maximum Gasteiger partial charge on any atom is 0.180 e. The van der Waals surface area contributed by atoms with Crippen molar-refractivity contribution in [3.05, 3.63) is 24.3 Å². The van der Waals surface area contributed by atoms with E-state index in [0.717, 1.165) is 18.0 Å². The average molecular weight is 301 g/mol. The molecular formula is C14H23NO2S2. The van der Waals surface area contributed by atoms with E-state index in [-0.39, 0.29) is 5.75 Å². The molecule has 5 heteroatoms. The van der Waals surface area contributed by atoms with Crippen molar-refractivity contribution in [2.24, 2.45) is 5.92 Å². The quantitative estimate of drug-likeness (QED) is 0.800. The Morgan fingerprint density at radius 1 is 1.32 bits per heavy atom. The number of sulfone groups is 1. The van der Waals surface area contributed by atoms with Crippen molar-refractivity contribution in [1.29, 1.82) is 0 Å². The van der Waals surface area contributed by atoms with Crippen LogP contribution < -0.4 is 5.32 Å². The fourth-order valence-electron chi connectivity index (χ4n) is 1.89. The van der Waals surface area contributed by atoms with E-state index in [9.17, 15) is 8.42 Å². The summed E-state index contributed by atoms with van der Waals surface area (Å²) in [5.41, 5.74) is 0.726. The number of hydrogen-bond donors (Lipinski definition) is 1. The molecule has 1 aromatic carbocycles. The van der Waals surface area contributed by atoms with Crippen LogP contribution in [0.2, 0.25) is 0 Å². The molecule has 108 valence electrons. The van der Waals surface area contributed by atoms with E-state index in [1.54, 1.807) is 23.9 Å². The zero-order valence-electron chi connectivity index (χ0n) is 11.8. The summed E-state index contributed by atoms with van der Waals surface area (Å²) in [6.45, 7) is 4.83. The fraction of sp³-hybridized carbons (Fsp3) is 0.571. The summed E-state index contributed by atoms with van der Waals surface area (Å²) in [7, 11) is -3.17. The number of para-hydroxylation sites is 1. The van der Waals surface area contributed by atoms with E-state index in [1.807, 2.05) is 19.1 Å². The molecule has 0 bridgehead atoms. The first-order chi connectivity index (χ1) is 9.01. The largest absolute Gasteiger partial charge is 0.384 e. The van der Waals surface area contributed by atoms with Gasteiger partial charge in [-0.3, -0.25) is 0 Å². The lowest BCUT2D eigenvalue weighted by Gasteiger charge is -2.15. The molecule has 19 heavy (non-hydrogen) atoms. The predicted molar refractivity (Wildman–Crippen MR) is 84.8 cm³/mol. The first-order valence-corrected chi connectivity index (χ1v) is 9.60. The van der Waals surface area contributed by atoms with E-state index in [0.29, 0.717) is 17.2 Å². The van der Waals surface area contributed by atoms with Crippen LogP contribution in [-0.2, 0) is 9.84 Å². The van der Waals surface area contributed by atoms with Crippen LogP contribution in [0.4, 0.5) is 5.69 Å². The minimum atomic E-state index is -3.17. The normalized spacial score (nSPS) is 13.2. The molecule has 1 atom stereocenters. The van der Waals surface area contributed by atoms with Gasteiger partial charge in [-0.1, -0.05) is 26.0 Å². The first-order valence-electron chi connectivity index (χ1n) is 6.55. The smallest absolute Gasteiger partial charge is 0.180 e. The Hall–Kier alpha value is -0.680. The van der Waals surface area contributed by atoms with Crippen molar-refractivity contribution in [3.8, 4) is 0 Å². The second-order valence-corrected chi connectivity index (χ2v) is 7.74. The maximum atomic E-state index is 12.2. The topological polar surface area (TPSA) is 46.2 Å². The van der Waals surface area contributed by atoms with E-state index in [1.165, 1.54) is 0 Å². The van der Waals surface area contributed by atoms with Crippen molar-refractivity contribution in [1.82, 2.24) is 0 Å². The van der Waals surface area contributed by atoms with Gasteiger partial charge in [0.2, 0.25) is 0 Å². The lowest BCUT2D eigenvalue weighted by molar-refractivity contribution is 0.594. The molecule has 0 aliphatic carbocycles. The second kappa shape index (κ2) is 7.80. The highest BCUT2D eigenvalue weighted by atomic mass is 32.2. The number of thioether (sulfide) groups is 1. The van der Waals surface area contributed by atoms with Crippen molar-refractivity contribution < 1.29 is 8.42 Å². The summed E-state index contributed by atoms with van der Waals surface area (Å²) in [5, 5.41) is 3.27. The number of anilines is 1. The van der Waals surface area contributed by atoms with E-state index in [2.05, 4.69) is 18.5 Å². The lowest BCUT2D eigenvalue weighted by atomic mass is 10.2.